The molecule has 0 amide bonds. The first-order valence-electron chi connectivity index (χ1n) is 9.56. The van der Waals surface area contributed by atoms with E-state index in [1.807, 2.05) is 0 Å². The fourth-order valence-electron chi connectivity index (χ4n) is 3.04. The minimum atomic E-state index is -4.49. The molecule has 3 aromatic rings. The first kappa shape index (κ1) is 22.2. The summed E-state index contributed by atoms with van der Waals surface area (Å²) in [6, 6.07) is 11.6. The average molecular weight is 479 g/mol. The third-order valence-corrected chi connectivity index (χ3v) is 5.38. The number of alkyl halides is 3. The number of nitrogens with one attached hydrogen (secondary N) is 1. The Labute approximate surface area is 182 Å². The van der Waals surface area contributed by atoms with Crippen LogP contribution >= 0.6 is 15.9 Å². The molecule has 158 valence electrons. The molecule has 0 fully saturated rings. The molecule has 1 N–H and O–H groups in total. The van der Waals surface area contributed by atoms with Gasteiger partial charge in [-0.15, -0.1) is 0 Å². The zero-order valence-corrected chi connectivity index (χ0v) is 18.5. The molecule has 0 atom stereocenters. The number of rotatable bonds is 6. The van der Waals surface area contributed by atoms with Gasteiger partial charge in [-0.25, -0.2) is 4.98 Å². The molecule has 0 aliphatic rings. The van der Waals surface area contributed by atoms with E-state index >= 15 is 0 Å². The summed E-state index contributed by atoms with van der Waals surface area (Å²) in [4.78, 5) is 12.6. The van der Waals surface area contributed by atoms with Crippen molar-refractivity contribution >= 4 is 21.9 Å². The highest BCUT2D eigenvalue weighted by Crippen LogP contribution is 2.35. The van der Waals surface area contributed by atoms with Gasteiger partial charge >= 0.3 is 6.18 Å². The van der Waals surface area contributed by atoms with Gasteiger partial charge in [0, 0.05) is 16.6 Å². The fourth-order valence-corrected chi connectivity index (χ4v) is 3.64. The Bertz CT molecular complexity index is 1040. The largest absolute Gasteiger partial charge is 0.417 e. The lowest BCUT2D eigenvalue weighted by molar-refractivity contribution is -0.137. The van der Waals surface area contributed by atoms with Gasteiger partial charge in [0.25, 0.3) is 0 Å². The molecular weight excluding hydrogens is 457 g/mol. The van der Waals surface area contributed by atoms with Gasteiger partial charge in [-0.3, -0.25) is 0 Å². The van der Waals surface area contributed by atoms with Crippen LogP contribution in [-0.4, -0.2) is 21.5 Å². The van der Waals surface area contributed by atoms with E-state index in [0.717, 1.165) is 16.1 Å². The van der Waals surface area contributed by atoms with Gasteiger partial charge in [-0.1, -0.05) is 60.1 Å². The van der Waals surface area contributed by atoms with Crippen LogP contribution in [-0.2, 0) is 12.6 Å². The second-order valence-corrected chi connectivity index (χ2v) is 8.11. The Morgan fingerprint density at radius 2 is 1.77 bits per heavy atom. The topological polar surface area (TPSA) is 50.7 Å². The van der Waals surface area contributed by atoms with Gasteiger partial charge in [0.1, 0.15) is 5.82 Å². The van der Waals surface area contributed by atoms with Crippen molar-refractivity contribution in [3.05, 3.63) is 69.5 Å². The van der Waals surface area contributed by atoms with Crippen LogP contribution in [0.3, 0.4) is 0 Å². The van der Waals surface area contributed by atoms with Gasteiger partial charge in [-0.2, -0.15) is 23.1 Å². The second-order valence-electron chi connectivity index (χ2n) is 7.26. The van der Waals surface area contributed by atoms with Crippen molar-refractivity contribution in [2.24, 2.45) is 0 Å². The van der Waals surface area contributed by atoms with E-state index < -0.39 is 11.7 Å². The molecule has 0 aliphatic carbocycles. The highest BCUT2D eigenvalue weighted by Gasteiger charge is 2.34. The van der Waals surface area contributed by atoms with E-state index in [-0.39, 0.29) is 17.3 Å². The van der Waals surface area contributed by atoms with Crippen molar-refractivity contribution < 1.29 is 13.2 Å². The van der Waals surface area contributed by atoms with Crippen LogP contribution in [0.2, 0.25) is 0 Å². The molecule has 0 bridgehead atoms. The van der Waals surface area contributed by atoms with Crippen molar-refractivity contribution in [1.29, 1.82) is 0 Å². The Kier molecular flexibility index (Phi) is 6.75. The van der Waals surface area contributed by atoms with Crippen LogP contribution in [0.25, 0.3) is 11.4 Å². The van der Waals surface area contributed by atoms with Gasteiger partial charge < -0.3 is 5.32 Å². The Hall–Kier alpha value is -2.48. The molecule has 30 heavy (non-hydrogen) atoms. The predicted molar refractivity (Wildman–Crippen MR) is 115 cm³/mol. The Balaban J connectivity index is 1.78. The van der Waals surface area contributed by atoms with E-state index in [1.54, 1.807) is 6.92 Å². The SMILES string of the molecule is Cc1nc(NCCc2ccc(C(C)C)cc2Br)nc(-c2ccccc2C(F)(F)F)n1. The molecule has 0 saturated heterocycles. The lowest BCUT2D eigenvalue weighted by Gasteiger charge is -2.13. The van der Waals surface area contributed by atoms with Crippen molar-refractivity contribution in [3.8, 4) is 11.4 Å². The maximum absolute atomic E-state index is 13.4. The summed E-state index contributed by atoms with van der Waals surface area (Å²) in [7, 11) is 0. The lowest BCUT2D eigenvalue weighted by atomic mass is 10.0. The molecule has 1 aromatic heterocycles. The summed E-state index contributed by atoms with van der Waals surface area (Å²) in [5.74, 6) is 1.05. The highest BCUT2D eigenvalue weighted by atomic mass is 79.9. The maximum Gasteiger partial charge on any atom is 0.417 e. The predicted octanol–water partition coefficient (Wildman–Crippen LogP) is 6.41. The molecule has 3 rings (SSSR count). The lowest BCUT2D eigenvalue weighted by Crippen LogP contribution is -2.12. The van der Waals surface area contributed by atoms with E-state index in [9.17, 15) is 13.2 Å². The normalized spacial score (nSPS) is 11.7. The summed E-state index contributed by atoms with van der Waals surface area (Å²) in [5.41, 5.74) is 1.54. The van der Waals surface area contributed by atoms with E-state index in [1.165, 1.54) is 23.8 Å². The van der Waals surface area contributed by atoms with Crippen molar-refractivity contribution in [1.82, 2.24) is 15.0 Å². The number of benzene rings is 2. The molecule has 8 heteroatoms. The minimum Gasteiger partial charge on any atom is -0.354 e. The number of nitrogens with zero attached hydrogens (tertiary/aromatic N) is 3. The van der Waals surface area contributed by atoms with Crippen molar-refractivity contribution in [2.45, 2.75) is 39.3 Å². The third kappa shape index (κ3) is 5.36. The number of anilines is 1. The van der Waals surface area contributed by atoms with Crippen LogP contribution in [0.4, 0.5) is 19.1 Å². The molecule has 0 saturated carbocycles. The molecule has 0 radical (unpaired) electrons. The smallest absolute Gasteiger partial charge is 0.354 e. The molecule has 4 nitrogen and oxygen atoms in total. The fraction of sp³-hybridized carbons (Fsp3) is 0.318. The Morgan fingerprint density at radius 1 is 1.03 bits per heavy atom. The highest BCUT2D eigenvalue weighted by molar-refractivity contribution is 9.10. The summed E-state index contributed by atoms with van der Waals surface area (Å²) >= 11 is 3.61. The van der Waals surface area contributed by atoms with Gasteiger partial charge in [0.05, 0.1) is 5.56 Å². The maximum atomic E-state index is 13.4. The van der Waals surface area contributed by atoms with Crippen LogP contribution in [0.1, 0.15) is 42.3 Å². The van der Waals surface area contributed by atoms with Gasteiger partial charge in [0.2, 0.25) is 5.95 Å². The zero-order chi connectivity index (χ0) is 21.9. The van der Waals surface area contributed by atoms with Crippen LogP contribution in [0.5, 0.6) is 0 Å². The summed E-state index contributed by atoms with van der Waals surface area (Å²) in [6.45, 7) is 6.44. The van der Waals surface area contributed by atoms with Crippen LogP contribution in [0.15, 0.2) is 46.9 Å². The zero-order valence-electron chi connectivity index (χ0n) is 16.9. The number of halogens is 4. The van der Waals surface area contributed by atoms with E-state index in [2.05, 4.69) is 68.2 Å². The van der Waals surface area contributed by atoms with Crippen molar-refractivity contribution in [3.63, 3.8) is 0 Å². The van der Waals surface area contributed by atoms with Gasteiger partial charge in [-0.05, 0) is 42.5 Å². The number of aryl methyl sites for hydroxylation is 1. The first-order chi connectivity index (χ1) is 14.1. The van der Waals surface area contributed by atoms with Crippen LogP contribution in [0, 0.1) is 6.92 Å². The number of hydrogen-bond acceptors (Lipinski definition) is 4. The number of hydrogen-bond donors (Lipinski definition) is 1. The molecular formula is C22H22BrF3N4. The summed E-state index contributed by atoms with van der Waals surface area (Å²) in [6.07, 6.45) is -3.78. The quantitative estimate of drug-likeness (QED) is 0.444. The van der Waals surface area contributed by atoms with Gasteiger partial charge in [0.15, 0.2) is 5.82 Å². The average Bonchev–Trinajstić information content (AvgIpc) is 2.68. The Morgan fingerprint density at radius 3 is 2.43 bits per heavy atom. The molecule has 1 heterocycles. The molecule has 0 unspecified atom stereocenters. The van der Waals surface area contributed by atoms with Crippen LogP contribution < -0.4 is 5.32 Å². The minimum absolute atomic E-state index is 0.000363. The van der Waals surface area contributed by atoms with E-state index in [4.69, 9.17) is 0 Å². The summed E-state index contributed by atoms with van der Waals surface area (Å²) < 4.78 is 41.1. The molecule has 0 aliphatic heterocycles. The molecule has 2 aromatic carbocycles. The first-order valence-corrected chi connectivity index (χ1v) is 10.4. The standard InChI is InChI=1S/C22H22BrF3N4/c1-13(2)16-9-8-15(19(23)12-16)10-11-27-21-29-14(3)28-20(30-21)17-6-4-5-7-18(17)22(24,25)26/h4-9,12-13H,10-11H2,1-3H3,(H,27,28,29,30). The molecule has 0 spiro atoms. The van der Waals surface area contributed by atoms with Crippen molar-refractivity contribution in [2.75, 3.05) is 11.9 Å². The second kappa shape index (κ2) is 9.12. The summed E-state index contributed by atoms with van der Waals surface area (Å²) in [5, 5.41) is 3.10. The number of aromatic nitrogens is 3. The van der Waals surface area contributed by atoms with E-state index in [0.29, 0.717) is 24.7 Å². The third-order valence-electron chi connectivity index (χ3n) is 4.64. The monoisotopic (exact) mass is 478 g/mol.